The average molecular weight is 431 g/mol. The molecule has 2 aromatic rings. The van der Waals surface area contributed by atoms with E-state index in [0.717, 1.165) is 11.1 Å². The highest BCUT2D eigenvalue weighted by Gasteiger charge is 2.29. The summed E-state index contributed by atoms with van der Waals surface area (Å²) in [6.07, 6.45) is 0.513. The number of carbonyl (C=O) groups is 2. The maximum atomic E-state index is 13.1. The van der Waals surface area contributed by atoms with E-state index in [1.807, 2.05) is 52.0 Å². The quantitative estimate of drug-likeness (QED) is 0.598. The number of nitrogens with zero attached hydrogens (tertiary/aromatic N) is 1. The van der Waals surface area contributed by atoms with Crippen LogP contribution in [-0.4, -0.2) is 35.9 Å². The maximum absolute atomic E-state index is 13.1. The van der Waals surface area contributed by atoms with Gasteiger partial charge in [0, 0.05) is 18.1 Å². The van der Waals surface area contributed by atoms with Crippen LogP contribution in [0.2, 0.25) is 5.02 Å². The van der Waals surface area contributed by atoms with Crippen LogP contribution in [0.5, 0.6) is 5.75 Å². The number of halogens is 1. The smallest absolute Gasteiger partial charge is 0.261 e. The fourth-order valence-electron chi connectivity index (χ4n) is 3.02. The molecule has 0 bridgehead atoms. The Kier molecular flexibility index (Phi) is 9.18. The maximum Gasteiger partial charge on any atom is 0.261 e. The number of benzene rings is 2. The van der Waals surface area contributed by atoms with Crippen molar-refractivity contribution in [3.8, 4) is 5.75 Å². The molecule has 30 heavy (non-hydrogen) atoms. The summed E-state index contributed by atoms with van der Waals surface area (Å²) in [6, 6.07) is 14.3. The summed E-state index contributed by atoms with van der Waals surface area (Å²) in [4.78, 5) is 27.5. The van der Waals surface area contributed by atoms with Crippen LogP contribution in [-0.2, 0) is 16.1 Å². The van der Waals surface area contributed by atoms with Gasteiger partial charge in [-0.05, 0) is 43.0 Å². The van der Waals surface area contributed by atoms with Gasteiger partial charge in [-0.2, -0.15) is 0 Å². The molecule has 6 heteroatoms. The van der Waals surface area contributed by atoms with Crippen LogP contribution < -0.4 is 10.1 Å². The molecule has 0 fully saturated rings. The number of nitrogens with one attached hydrogen (secondary N) is 1. The van der Waals surface area contributed by atoms with Crippen LogP contribution in [0, 0.1) is 12.8 Å². The Bertz CT molecular complexity index is 837. The van der Waals surface area contributed by atoms with Crippen molar-refractivity contribution in [2.45, 2.75) is 46.7 Å². The third kappa shape index (κ3) is 7.38. The molecule has 1 atom stereocenters. The van der Waals surface area contributed by atoms with E-state index < -0.39 is 6.04 Å². The Labute approximate surface area is 184 Å². The van der Waals surface area contributed by atoms with Gasteiger partial charge in [0.1, 0.15) is 11.8 Å². The van der Waals surface area contributed by atoms with E-state index in [9.17, 15) is 9.59 Å². The van der Waals surface area contributed by atoms with E-state index in [-0.39, 0.29) is 18.4 Å². The number of ether oxygens (including phenoxy) is 1. The van der Waals surface area contributed by atoms with Gasteiger partial charge in [0.25, 0.3) is 5.91 Å². The van der Waals surface area contributed by atoms with Crippen LogP contribution in [0.25, 0.3) is 0 Å². The highest BCUT2D eigenvalue weighted by molar-refractivity contribution is 6.30. The Morgan fingerprint density at radius 3 is 2.43 bits per heavy atom. The van der Waals surface area contributed by atoms with Gasteiger partial charge < -0.3 is 15.0 Å². The molecule has 0 saturated heterocycles. The highest BCUT2D eigenvalue weighted by atomic mass is 35.5. The molecule has 0 aromatic heterocycles. The van der Waals surface area contributed by atoms with E-state index >= 15 is 0 Å². The van der Waals surface area contributed by atoms with Crippen LogP contribution in [0.1, 0.15) is 38.3 Å². The van der Waals surface area contributed by atoms with Crippen molar-refractivity contribution in [3.05, 3.63) is 64.7 Å². The van der Waals surface area contributed by atoms with Gasteiger partial charge in [-0.3, -0.25) is 9.59 Å². The fourth-order valence-corrected chi connectivity index (χ4v) is 3.20. The molecule has 0 aliphatic heterocycles. The van der Waals surface area contributed by atoms with Crippen molar-refractivity contribution < 1.29 is 14.3 Å². The van der Waals surface area contributed by atoms with Gasteiger partial charge in [-0.15, -0.1) is 0 Å². The lowest BCUT2D eigenvalue weighted by molar-refractivity contribution is -0.143. The van der Waals surface area contributed by atoms with Crippen LogP contribution in [0.3, 0.4) is 0 Å². The average Bonchev–Trinajstić information content (AvgIpc) is 2.71. The van der Waals surface area contributed by atoms with E-state index in [1.54, 1.807) is 29.2 Å². The Balaban J connectivity index is 2.18. The SMILES string of the molecule is CC[C@H](C(=O)NCC(C)C)N(Cc1ccc(C)cc1)C(=O)COc1cccc(Cl)c1. The molecule has 0 aliphatic rings. The Morgan fingerprint density at radius 2 is 1.83 bits per heavy atom. The third-order valence-corrected chi connectivity index (χ3v) is 4.94. The van der Waals surface area contributed by atoms with Crippen LogP contribution in [0.15, 0.2) is 48.5 Å². The zero-order valence-electron chi connectivity index (χ0n) is 18.2. The normalized spacial score (nSPS) is 11.8. The van der Waals surface area contributed by atoms with E-state index in [2.05, 4.69) is 5.32 Å². The van der Waals surface area contributed by atoms with Crippen molar-refractivity contribution in [1.82, 2.24) is 10.2 Å². The Hall–Kier alpha value is -2.53. The standard InChI is InChI=1S/C24H31ClN2O3/c1-5-22(24(29)26-14-17(2)3)27(15-19-11-9-18(4)10-12-19)23(28)16-30-21-8-6-7-20(25)13-21/h6-13,17,22H,5,14-16H2,1-4H3,(H,26,29)/t22-/m1/s1. The lowest BCUT2D eigenvalue weighted by Gasteiger charge is -2.31. The second-order valence-electron chi connectivity index (χ2n) is 7.82. The first-order chi connectivity index (χ1) is 14.3. The summed E-state index contributed by atoms with van der Waals surface area (Å²) in [5.41, 5.74) is 2.11. The number of hydrogen-bond donors (Lipinski definition) is 1. The Morgan fingerprint density at radius 1 is 1.13 bits per heavy atom. The predicted molar refractivity (Wildman–Crippen MR) is 121 cm³/mol. The molecule has 0 spiro atoms. The lowest BCUT2D eigenvalue weighted by atomic mass is 10.1. The molecule has 1 N–H and O–H groups in total. The summed E-state index contributed by atoms with van der Waals surface area (Å²) in [5, 5.41) is 3.49. The van der Waals surface area contributed by atoms with E-state index in [0.29, 0.717) is 36.2 Å². The van der Waals surface area contributed by atoms with Gasteiger partial charge in [0.15, 0.2) is 6.61 Å². The third-order valence-electron chi connectivity index (χ3n) is 4.70. The second-order valence-corrected chi connectivity index (χ2v) is 8.25. The summed E-state index contributed by atoms with van der Waals surface area (Å²) in [6.45, 7) is 8.74. The first-order valence-electron chi connectivity index (χ1n) is 10.3. The summed E-state index contributed by atoms with van der Waals surface area (Å²) >= 11 is 5.99. The second kappa shape index (κ2) is 11.6. The number of amides is 2. The molecule has 2 aromatic carbocycles. The first kappa shape index (κ1) is 23.7. The van der Waals surface area contributed by atoms with Crippen LogP contribution >= 0.6 is 11.6 Å². The fraction of sp³-hybridized carbons (Fsp3) is 0.417. The van der Waals surface area contributed by atoms with Crippen LogP contribution in [0.4, 0.5) is 0 Å². The molecule has 5 nitrogen and oxygen atoms in total. The molecule has 0 aliphatic carbocycles. The minimum Gasteiger partial charge on any atom is -0.484 e. The molecule has 2 rings (SSSR count). The van der Waals surface area contributed by atoms with E-state index in [4.69, 9.17) is 16.3 Å². The molecule has 0 radical (unpaired) electrons. The highest BCUT2D eigenvalue weighted by Crippen LogP contribution is 2.18. The van der Waals surface area contributed by atoms with Gasteiger partial charge in [-0.25, -0.2) is 0 Å². The topological polar surface area (TPSA) is 58.6 Å². The number of aryl methyl sites for hydroxylation is 1. The molecule has 0 heterocycles. The molecule has 162 valence electrons. The molecular weight excluding hydrogens is 400 g/mol. The largest absolute Gasteiger partial charge is 0.484 e. The van der Waals surface area contributed by atoms with Gasteiger partial charge >= 0.3 is 0 Å². The monoisotopic (exact) mass is 430 g/mol. The minimum atomic E-state index is -0.569. The lowest BCUT2D eigenvalue weighted by Crippen LogP contribution is -2.50. The summed E-state index contributed by atoms with van der Waals surface area (Å²) in [7, 11) is 0. The number of hydrogen-bond acceptors (Lipinski definition) is 3. The van der Waals surface area contributed by atoms with Gasteiger partial charge in [0.2, 0.25) is 5.91 Å². The number of carbonyl (C=O) groups excluding carboxylic acids is 2. The zero-order valence-corrected chi connectivity index (χ0v) is 18.9. The van der Waals surface area contributed by atoms with Crippen molar-refractivity contribution in [3.63, 3.8) is 0 Å². The molecular formula is C24H31ClN2O3. The minimum absolute atomic E-state index is 0.144. The summed E-state index contributed by atoms with van der Waals surface area (Å²) < 4.78 is 5.65. The zero-order chi connectivity index (χ0) is 22.1. The summed E-state index contributed by atoms with van der Waals surface area (Å²) in [5.74, 6) is 0.457. The van der Waals surface area contributed by atoms with Crippen molar-refractivity contribution in [2.75, 3.05) is 13.2 Å². The van der Waals surface area contributed by atoms with Crippen molar-refractivity contribution in [1.29, 1.82) is 0 Å². The predicted octanol–water partition coefficient (Wildman–Crippen LogP) is 4.61. The van der Waals surface area contributed by atoms with Gasteiger partial charge in [0.05, 0.1) is 0 Å². The molecule has 2 amide bonds. The number of rotatable bonds is 10. The first-order valence-corrected chi connectivity index (χ1v) is 10.7. The van der Waals surface area contributed by atoms with Crippen molar-refractivity contribution >= 4 is 23.4 Å². The molecule has 0 saturated carbocycles. The van der Waals surface area contributed by atoms with Crippen molar-refractivity contribution in [2.24, 2.45) is 5.92 Å². The van der Waals surface area contributed by atoms with E-state index in [1.165, 1.54) is 0 Å². The van der Waals surface area contributed by atoms with Gasteiger partial charge in [-0.1, -0.05) is 68.3 Å². The molecule has 0 unspecified atom stereocenters.